The Morgan fingerprint density at radius 2 is 0.667 bits per heavy atom. The lowest BCUT2D eigenvalue weighted by molar-refractivity contribution is -0.473. The second-order valence-electron chi connectivity index (χ2n) is 6.96. The van der Waals surface area contributed by atoms with Gasteiger partial charge in [-0.05, 0) is 6.42 Å². The first-order valence-corrected chi connectivity index (χ1v) is 8.20. The first-order chi connectivity index (χ1) is 15.4. The molecular weight excluding hydrogens is 579 g/mol. The minimum Gasteiger partial charge on any atom is -0.194 e. The largest absolute Gasteiger partial charge is 0.460 e. The van der Waals surface area contributed by atoms with Crippen LogP contribution in [0.4, 0.5) is 92.2 Å². The van der Waals surface area contributed by atoms with Crippen molar-refractivity contribution in [3.63, 3.8) is 0 Å². The van der Waals surface area contributed by atoms with Crippen molar-refractivity contribution in [1.82, 2.24) is 0 Å². The van der Waals surface area contributed by atoms with Crippen molar-refractivity contribution in [2.24, 2.45) is 0 Å². The second-order valence-corrected chi connectivity index (χ2v) is 6.96. The maximum absolute atomic E-state index is 13.7. The first kappa shape index (κ1) is 32.0. The quantitative estimate of drug-likeness (QED) is 0.240. The third-order valence-electron chi connectivity index (χ3n) is 4.64. The van der Waals surface area contributed by atoms with E-state index in [9.17, 15) is 92.2 Å². The summed E-state index contributed by atoms with van der Waals surface area (Å²) in [7, 11) is 0. The third kappa shape index (κ3) is 3.64. The van der Waals surface area contributed by atoms with Crippen molar-refractivity contribution in [3.05, 3.63) is 23.8 Å². The molecule has 0 saturated carbocycles. The average Bonchev–Trinajstić information content (AvgIpc) is 3.21. The summed E-state index contributed by atoms with van der Waals surface area (Å²) in [5.41, 5.74) is -2.32. The van der Waals surface area contributed by atoms with Gasteiger partial charge < -0.3 is 0 Å². The molecule has 1 aliphatic carbocycles. The van der Waals surface area contributed by atoms with Gasteiger partial charge in [0.25, 0.3) is 0 Å². The van der Waals surface area contributed by atoms with E-state index in [1.807, 2.05) is 0 Å². The summed E-state index contributed by atoms with van der Waals surface area (Å²) in [5.74, 6) is -76.7. The lowest BCUT2D eigenvalue weighted by atomic mass is 9.85. The number of hydrogen-bond donors (Lipinski definition) is 0. The fourth-order valence-corrected chi connectivity index (χ4v) is 2.43. The first-order valence-electron chi connectivity index (χ1n) is 8.20. The van der Waals surface area contributed by atoms with E-state index >= 15 is 0 Å². The van der Waals surface area contributed by atoms with Crippen LogP contribution in [0.3, 0.4) is 0 Å². The van der Waals surface area contributed by atoms with Gasteiger partial charge in [0, 0.05) is 5.57 Å². The van der Waals surface area contributed by atoms with Gasteiger partial charge in [0.15, 0.2) is 0 Å². The Bertz CT molecular complexity index is 899. The molecule has 0 fully saturated rings. The van der Waals surface area contributed by atoms with Crippen LogP contribution in [-0.2, 0) is 0 Å². The van der Waals surface area contributed by atoms with Crippen LogP contribution in [0, 0.1) is 0 Å². The molecule has 0 nitrogen and oxygen atoms in total. The minimum absolute atomic E-state index is 0.108. The topological polar surface area (TPSA) is 0 Å². The summed E-state index contributed by atoms with van der Waals surface area (Å²) in [5, 5.41) is 0. The maximum atomic E-state index is 13.7. The molecule has 0 aromatic carbocycles. The molecule has 0 spiro atoms. The Labute approximate surface area is 183 Å². The zero-order valence-corrected chi connectivity index (χ0v) is 15.9. The summed E-state index contributed by atoms with van der Waals surface area (Å²) in [6.07, 6.45) is -8.60. The van der Waals surface area contributed by atoms with Crippen LogP contribution in [0.15, 0.2) is 23.8 Å². The molecule has 1 aliphatic rings. The van der Waals surface area contributed by atoms with Gasteiger partial charge in [-0.15, -0.1) is 0 Å². The van der Waals surface area contributed by atoms with Crippen molar-refractivity contribution in [2.75, 3.05) is 0 Å². The van der Waals surface area contributed by atoms with E-state index in [0.29, 0.717) is 6.08 Å². The normalized spacial score (nSPS) is 18.1. The molecule has 0 amide bonds. The van der Waals surface area contributed by atoms with Gasteiger partial charge in [-0.1, -0.05) is 18.2 Å². The maximum Gasteiger partial charge on any atom is 0.460 e. The Morgan fingerprint density at radius 3 is 0.917 bits per heavy atom. The summed E-state index contributed by atoms with van der Waals surface area (Å²) in [4.78, 5) is 0. The highest BCUT2D eigenvalue weighted by Gasteiger charge is 2.97. The molecule has 21 heteroatoms. The fourth-order valence-electron chi connectivity index (χ4n) is 2.43. The number of hydrogen-bond acceptors (Lipinski definition) is 0. The second kappa shape index (κ2) is 8.00. The number of rotatable bonds is 9. The molecule has 0 aromatic rings. The highest BCUT2D eigenvalue weighted by Crippen LogP contribution is 2.66. The number of halogens is 21. The molecule has 0 atom stereocenters. The summed E-state index contributed by atoms with van der Waals surface area (Å²) >= 11 is 0. The van der Waals surface area contributed by atoms with Gasteiger partial charge in [0.1, 0.15) is 0 Å². The van der Waals surface area contributed by atoms with Crippen LogP contribution < -0.4 is 0 Å². The van der Waals surface area contributed by atoms with Crippen molar-refractivity contribution in [3.8, 4) is 0 Å². The van der Waals surface area contributed by atoms with Crippen molar-refractivity contribution >= 4 is 0 Å². The van der Waals surface area contributed by atoms with Crippen LogP contribution in [0.25, 0.3) is 0 Å². The van der Waals surface area contributed by atoms with Crippen molar-refractivity contribution in [2.45, 2.75) is 65.9 Å². The Morgan fingerprint density at radius 1 is 0.389 bits per heavy atom. The van der Waals surface area contributed by atoms with Crippen LogP contribution >= 0.6 is 0 Å². The molecule has 1 rings (SSSR count). The number of alkyl halides is 21. The van der Waals surface area contributed by atoms with Crippen molar-refractivity contribution in [1.29, 1.82) is 0 Å². The molecule has 0 saturated heterocycles. The van der Waals surface area contributed by atoms with E-state index in [2.05, 4.69) is 0 Å². The van der Waals surface area contributed by atoms with Gasteiger partial charge in [0.2, 0.25) is 0 Å². The van der Waals surface area contributed by atoms with E-state index < -0.39 is 71.5 Å². The molecule has 0 aliphatic heterocycles. The lowest BCUT2D eigenvalue weighted by Crippen LogP contribution is -2.76. The van der Waals surface area contributed by atoms with Gasteiger partial charge in [-0.3, -0.25) is 0 Å². The molecule has 0 unspecified atom stereocenters. The predicted molar refractivity (Wildman–Crippen MR) is 72.4 cm³/mol. The Kier molecular flexibility index (Phi) is 7.12. The molecular formula is C15H5F21. The Balaban J connectivity index is 3.78. The standard InChI is InChI=1S/C15H5F21/c16-6(17,5-3-1-2-4-5)7(18,19)8(20,21)9(22,23)10(24,25)11(26,27)12(28,29)13(30,31)14(32,33)15(34,35)36/h1,3-4H,2H2. The fraction of sp³-hybridized carbons (Fsp3) is 0.733. The predicted octanol–water partition coefficient (Wildman–Crippen LogP) is 8.15. The zero-order chi connectivity index (χ0) is 29.4. The van der Waals surface area contributed by atoms with Gasteiger partial charge in [-0.2, -0.15) is 92.2 Å². The smallest absolute Gasteiger partial charge is 0.194 e. The Hall–Kier alpha value is -1.99. The molecule has 0 bridgehead atoms. The average molecular weight is 584 g/mol. The van der Waals surface area contributed by atoms with E-state index in [4.69, 9.17) is 0 Å². The van der Waals surface area contributed by atoms with E-state index in [1.165, 1.54) is 0 Å². The molecule has 0 heterocycles. The van der Waals surface area contributed by atoms with Crippen molar-refractivity contribution < 1.29 is 92.2 Å². The number of allylic oxidation sites excluding steroid dienone is 4. The molecule has 212 valence electrons. The molecule has 0 radical (unpaired) electrons. The van der Waals surface area contributed by atoms with Crippen LogP contribution in [-0.4, -0.2) is 59.5 Å². The van der Waals surface area contributed by atoms with Crippen LogP contribution in [0.1, 0.15) is 6.42 Å². The molecule has 36 heavy (non-hydrogen) atoms. The monoisotopic (exact) mass is 584 g/mol. The minimum atomic E-state index is -9.15. The lowest BCUT2D eigenvalue weighted by Gasteiger charge is -2.44. The SMILES string of the molecule is FC(F)(F)C(F)(F)C(F)(F)C(F)(F)C(F)(F)C(F)(F)C(F)(F)C(F)(F)C(F)(F)C(F)(F)C1=CCC=C1. The highest BCUT2D eigenvalue weighted by molar-refractivity contribution is 5.36. The van der Waals surface area contributed by atoms with E-state index in [0.717, 1.165) is 0 Å². The van der Waals surface area contributed by atoms with E-state index in [1.54, 1.807) is 0 Å². The summed E-state index contributed by atoms with van der Waals surface area (Å²) in [6.45, 7) is 0. The van der Waals surface area contributed by atoms with Crippen LogP contribution in [0.2, 0.25) is 0 Å². The zero-order valence-electron chi connectivity index (χ0n) is 15.9. The van der Waals surface area contributed by atoms with Gasteiger partial charge in [-0.25, -0.2) is 0 Å². The van der Waals surface area contributed by atoms with E-state index in [-0.39, 0.29) is 12.2 Å². The summed E-state index contributed by atoms with van der Waals surface area (Å²) in [6, 6.07) is 0. The van der Waals surface area contributed by atoms with Gasteiger partial charge in [0.05, 0.1) is 0 Å². The molecule has 0 aromatic heterocycles. The van der Waals surface area contributed by atoms with Crippen LogP contribution in [0.5, 0.6) is 0 Å². The summed E-state index contributed by atoms with van der Waals surface area (Å²) < 4.78 is 277. The highest BCUT2D eigenvalue weighted by atomic mass is 19.4. The third-order valence-corrected chi connectivity index (χ3v) is 4.64. The van der Waals surface area contributed by atoms with Gasteiger partial charge >= 0.3 is 59.5 Å². The molecule has 0 N–H and O–H groups in total.